The molecular weight excluding hydrogens is 364 g/mol. The number of aromatic amines is 1. The third-order valence-electron chi connectivity index (χ3n) is 3.94. The lowest BCUT2D eigenvalue weighted by atomic mass is 10.1. The Labute approximate surface area is 159 Å². The van der Waals surface area contributed by atoms with Gasteiger partial charge in [-0.1, -0.05) is 54.2 Å². The monoisotopic (exact) mass is 382 g/mol. The number of ether oxygens (including phenoxy) is 1. The number of rotatable bonds is 6. The number of methoxy groups -OCH3 is 1. The maximum atomic E-state index is 12.7. The maximum Gasteiger partial charge on any atom is 0.344 e. The lowest BCUT2D eigenvalue weighted by molar-refractivity contribution is -0.118. The Hall–Kier alpha value is -3.06. The van der Waals surface area contributed by atoms with Gasteiger partial charge in [0.1, 0.15) is 5.56 Å². The summed E-state index contributed by atoms with van der Waals surface area (Å²) in [5, 5.41) is 3.53. The summed E-state index contributed by atoms with van der Waals surface area (Å²) in [6, 6.07) is 16.5. The highest BCUT2D eigenvalue weighted by molar-refractivity contribution is 8.00. The molecule has 7 heteroatoms. The Morgan fingerprint density at radius 1 is 1.07 bits per heavy atom. The lowest BCUT2D eigenvalue weighted by Crippen LogP contribution is -2.25. The number of fused-ring (bicyclic) bond motifs is 1. The first-order chi connectivity index (χ1) is 13.1. The number of amides is 1. The number of aromatic nitrogens is 1. The van der Waals surface area contributed by atoms with Crippen LogP contribution in [0.2, 0.25) is 0 Å². The van der Waals surface area contributed by atoms with Gasteiger partial charge in [0.15, 0.2) is 0 Å². The van der Waals surface area contributed by atoms with Crippen molar-refractivity contribution >= 4 is 34.5 Å². The molecule has 6 nitrogen and oxygen atoms in total. The van der Waals surface area contributed by atoms with Crippen molar-refractivity contribution in [2.45, 2.75) is 11.6 Å². The second-order valence-corrected chi connectivity index (χ2v) is 6.73. The number of esters is 1. The first kappa shape index (κ1) is 18.7. The van der Waals surface area contributed by atoms with Gasteiger partial charge < -0.3 is 15.0 Å². The van der Waals surface area contributed by atoms with Crippen LogP contribution in [0.1, 0.15) is 15.9 Å². The largest absolute Gasteiger partial charge is 0.465 e. The molecule has 0 bridgehead atoms. The Morgan fingerprint density at radius 2 is 1.78 bits per heavy atom. The van der Waals surface area contributed by atoms with Gasteiger partial charge in [-0.2, -0.15) is 0 Å². The highest BCUT2D eigenvalue weighted by Crippen LogP contribution is 2.22. The number of thioether (sulfide) groups is 1. The molecule has 3 rings (SSSR count). The topological polar surface area (TPSA) is 88.3 Å². The van der Waals surface area contributed by atoms with Gasteiger partial charge in [-0.3, -0.25) is 9.59 Å². The Kier molecular flexibility index (Phi) is 5.93. The van der Waals surface area contributed by atoms with Crippen molar-refractivity contribution in [3.63, 3.8) is 0 Å². The highest BCUT2D eigenvalue weighted by Gasteiger charge is 2.20. The zero-order valence-electron chi connectivity index (χ0n) is 14.7. The zero-order valence-corrected chi connectivity index (χ0v) is 15.5. The van der Waals surface area contributed by atoms with E-state index >= 15 is 0 Å². The lowest BCUT2D eigenvalue weighted by Gasteiger charge is -2.10. The van der Waals surface area contributed by atoms with E-state index in [9.17, 15) is 14.4 Å². The van der Waals surface area contributed by atoms with Crippen LogP contribution < -0.4 is 10.7 Å². The van der Waals surface area contributed by atoms with Gasteiger partial charge in [-0.05, 0) is 17.7 Å². The number of carbonyl (C=O) groups excluding carboxylic acids is 2. The molecule has 27 heavy (non-hydrogen) atoms. The molecule has 0 saturated carbocycles. The predicted octanol–water partition coefficient (Wildman–Crippen LogP) is 2.72. The second-order valence-electron chi connectivity index (χ2n) is 5.75. The summed E-state index contributed by atoms with van der Waals surface area (Å²) in [5.41, 5.74) is 1.09. The molecule has 0 spiro atoms. The van der Waals surface area contributed by atoms with E-state index in [4.69, 9.17) is 4.74 Å². The van der Waals surface area contributed by atoms with Crippen molar-refractivity contribution < 1.29 is 14.3 Å². The minimum Gasteiger partial charge on any atom is -0.465 e. The fraction of sp³-hybridized carbons (Fsp3) is 0.150. The van der Waals surface area contributed by atoms with E-state index in [0.29, 0.717) is 22.5 Å². The fourth-order valence-electron chi connectivity index (χ4n) is 2.59. The normalized spacial score (nSPS) is 10.6. The van der Waals surface area contributed by atoms with E-state index in [0.717, 1.165) is 17.3 Å². The van der Waals surface area contributed by atoms with Gasteiger partial charge in [-0.25, -0.2) is 4.79 Å². The molecule has 1 heterocycles. The van der Waals surface area contributed by atoms with Crippen molar-refractivity contribution in [3.8, 4) is 0 Å². The molecule has 0 unspecified atom stereocenters. The number of para-hydroxylation sites is 1. The summed E-state index contributed by atoms with van der Waals surface area (Å²) in [7, 11) is 1.22. The predicted molar refractivity (Wildman–Crippen MR) is 105 cm³/mol. The summed E-state index contributed by atoms with van der Waals surface area (Å²) in [6.45, 7) is 0.415. The first-order valence-electron chi connectivity index (χ1n) is 8.27. The standard InChI is InChI=1S/C20H18N2O4S/c1-26-20(25)17-18(24)14-9-5-6-10-15(14)22-19(17)27-12-16(23)21-11-13-7-3-2-4-8-13/h2-10H,11-12H2,1H3,(H,21,23)(H,22,24). The van der Waals surface area contributed by atoms with Crippen LogP contribution in [0.4, 0.5) is 0 Å². The van der Waals surface area contributed by atoms with Crippen LogP contribution in [0.15, 0.2) is 64.4 Å². The fourth-order valence-corrected chi connectivity index (χ4v) is 3.47. The van der Waals surface area contributed by atoms with Crippen LogP contribution >= 0.6 is 11.8 Å². The summed E-state index contributed by atoms with van der Waals surface area (Å²) < 4.78 is 4.75. The molecule has 1 amide bonds. The number of hydrogen-bond acceptors (Lipinski definition) is 5. The minimum absolute atomic E-state index is 0.0606. The maximum absolute atomic E-state index is 12.7. The molecule has 0 radical (unpaired) electrons. The average Bonchev–Trinajstić information content (AvgIpc) is 2.71. The van der Waals surface area contributed by atoms with Crippen LogP contribution in [-0.2, 0) is 16.1 Å². The van der Waals surface area contributed by atoms with Crippen LogP contribution in [0, 0.1) is 0 Å². The van der Waals surface area contributed by atoms with Gasteiger partial charge in [0.05, 0.1) is 23.4 Å². The third-order valence-corrected chi connectivity index (χ3v) is 4.95. The highest BCUT2D eigenvalue weighted by atomic mass is 32.2. The molecule has 2 aromatic carbocycles. The van der Waals surface area contributed by atoms with Crippen LogP contribution in [0.5, 0.6) is 0 Å². The van der Waals surface area contributed by atoms with Crippen molar-refractivity contribution in [1.29, 1.82) is 0 Å². The van der Waals surface area contributed by atoms with E-state index in [-0.39, 0.29) is 17.2 Å². The molecule has 0 fully saturated rings. The van der Waals surface area contributed by atoms with Gasteiger partial charge in [0.25, 0.3) is 0 Å². The molecule has 0 aliphatic heterocycles. The number of hydrogen-bond donors (Lipinski definition) is 2. The van der Waals surface area contributed by atoms with E-state index in [2.05, 4.69) is 10.3 Å². The summed E-state index contributed by atoms with van der Waals surface area (Å²) in [5.74, 6) is -0.867. The second kappa shape index (κ2) is 8.55. The quantitative estimate of drug-likeness (QED) is 0.506. The smallest absolute Gasteiger partial charge is 0.344 e. The summed E-state index contributed by atoms with van der Waals surface area (Å²) in [6.07, 6.45) is 0. The number of pyridine rings is 1. The van der Waals surface area contributed by atoms with Crippen molar-refractivity contribution in [3.05, 3.63) is 75.9 Å². The van der Waals surface area contributed by atoms with Crippen LogP contribution in [0.3, 0.4) is 0 Å². The molecule has 1 aromatic heterocycles. The SMILES string of the molecule is COC(=O)c1c(SCC(=O)NCc2ccccc2)[nH]c2ccccc2c1=O. The van der Waals surface area contributed by atoms with Crippen LogP contribution in [-0.4, -0.2) is 29.7 Å². The summed E-state index contributed by atoms with van der Waals surface area (Å²) in [4.78, 5) is 40.0. The number of benzene rings is 2. The molecule has 0 atom stereocenters. The molecule has 3 aromatic rings. The molecule has 2 N–H and O–H groups in total. The van der Waals surface area contributed by atoms with Gasteiger partial charge in [-0.15, -0.1) is 0 Å². The van der Waals surface area contributed by atoms with Crippen molar-refractivity contribution in [2.75, 3.05) is 12.9 Å². The molecule has 138 valence electrons. The van der Waals surface area contributed by atoms with E-state index < -0.39 is 11.4 Å². The number of H-pyrrole nitrogens is 1. The Balaban J connectivity index is 1.78. The Morgan fingerprint density at radius 3 is 2.52 bits per heavy atom. The van der Waals surface area contributed by atoms with Gasteiger partial charge in [0.2, 0.25) is 11.3 Å². The van der Waals surface area contributed by atoms with Gasteiger partial charge >= 0.3 is 5.97 Å². The molecule has 0 saturated heterocycles. The van der Waals surface area contributed by atoms with E-state index in [1.807, 2.05) is 30.3 Å². The zero-order chi connectivity index (χ0) is 19.2. The molecular formula is C20H18N2O4S. The van der Waals surface area contributed by atoms with E-state index in [1.165, 1.54) is 7.11 Å². The molecule has 0 aliphatic carbocycles. The number of nitrogens with one attached hydrogen (secondary N) is 2. The van der Waals surface area contributed by atoms with Crippen LogP contribution in [0.25, 0.3) is 10.9 Å². The minimum atomic E-state index is -0.728. The summed E-state index contributed by atoms with van der Waals surface area (Å²) >= 11 is 1.09. The number of carbonyl (C=O) groups is 2. The average molecular weight is 382 g/mol. The third kappa shape index (κ3) is 4.38. The Bertz CT molecular complexity index is 1030. The van der Waals surface area contributed by atoms with Gasteiger partial charge in [0, 0.05) is 11.9 Å². The molecule has 0 aliphatic rings. The van der Waals surface area contributed by atoms with E-state index in [1.54, 1.807) is 24.3 Å². The first-order valence-corrected chi connectivity index (χ1v) is 9.25. The van der Waals surface area contributed by atoms with Crippen molar-refractivity contribution in [1.82, 2.24) is 10.3 Å². The van der Waals surface area contributed by atoms with Crippen molar-refractivity contribution in [2.24, 2.45) is 0 Å².